The van der Waals surface area contributed by atoms with Crippen LogP contribution in [0.25, 0.3) is 0 Å². The monoisotopic (exact) mass is 295 g/mol. The molecule has 0 aromatic carbocycles. The molecule has 0 bridgehead atoms. The number of hydrogen-bond donors (Lipinski definition) is 3. The number of amides is 2. The first-order valence-electron chi connectivity index (χ1n) is 6.39. The number of carbonyl (C=O) groups is 2. The summed E-state index contributed by atoms with van der Waals surface area (Å²) in [5, 5.41) is 4.46. The van der Waals surface area contributed by atoms with Crippen molar-refractivity contribution in [2.24, 2.45) is 5.73 Å². The van der Waals surface area contributed by atoms with Gasteiger partial charge in [-0.2, -0.15) is 0 Å². The summed E-state index contributed by atoms with van der Waals surface area (Å²) in [4.78, 5) is 29.3. The number of thiophene rings is 1. The first-order valence-corrected chi connectivity index (χ1v) is 7.27. The van der Waals surface area contributed by atoms with E-state index in [9.17, 15) is 9.59 Å². The molecule has 4 N–H and O–H groups in total. The zero-order valence-corrected chi connectivity index (χ0v) is 12.0. The minimum Gasteiger partial charge on any atom is -0.389 e. The van der Waals surface area contributed by atoms with Gasteiger partial charge >= 0.3 is 0 Å². The van der Waals surface area contributed by atoms with Gasteiger partial charge in [-0.15, -0.1) is 16.8 Å². The molecule has 0 aliphatic carbocycles. The molecule has 20 heavy (non-hydrogen) atoms. The van der Waals surface area contributed by atoms with Gasteiger partial charge in [0, 0.05) is 17.4 Å². The number of rotatable bonds is 6. The van der Waals surface area contributed by atoms with E-state index in [0.717, 1.165) is 12.8 Å². The Labute approximate surface area is 120 Å². The smallest absolute Gasteiger partial charge is 0.250 e. The molecule has 1 aliphatic rings. The molecule has 0 spiro atoms. The Morgan fingerprint density at radius 3 is 2.95 bits per heavy atom. The molecule has 1 aromatic rings. The molecule has 7 heteroatoms. The number of carbonyl (C=O) groups excluding carboxylic acids is 2. The summed E-state index contributed by atoms with van der Waals surface area (Å²) in [6.07, 6.45) is 3.66. The van der Waals surface area contributed by atoms with Crippen LogP contribution in [0.3, 0.4) is 0 Å². The van der Waals surface area contributed by atoms with Gasteiger partial charge in [-0.05, 0) is 17.9 Å². The van der Waals surface area contributed by atoms with Crippen LogP contribution in [-0.2, 0) is 20.0 Å². The third-order valence-corrected chi connectivity index (χ3v) is 3.99. The van der Waals surface area contributed by atoms with Gasteiger partial charge in [-0.25, -0.2) is 0 Å². The lowest BCUT2D eigenvalue weighted by Crippen LogP contribution is -2.47. The highest BCUT2D eigenvalue weighted by Gasteiger charge is 2.43. The summed E-state index contributed by atoms with van der Waals surface area (Å²) in [6.45, 7) is 2.01. The molecular weight excluding hydrogens is 278 g/mol. The van der Waals surface area contributed by atoms with E-state index in [4.69, 9.17) is 10.6 Å². The van der Waals surface area contributed by atoms with Gasteiger partial charge in [0.1, 0.15) is 0 Å². The Morgan fingerprint density at radius 2 is 2.35 bits per heavy atom. The van der Waals surface area contributed by atoms with Crippen molar-refractivity contribution in [3.63, 3.8) is 0 Å². The van der Waals surface area contributed by atoms with Crippen LogP contribution in [0.1, 0.15) is 31.1 Å². The lowest BCUT2D eigenvalue weighted by atomic mass is 9.98. The molecule has 108 valence electrons. The number of unbranched alkanes of at least 4 members (excludes halogenated alkanes) is 1. The fraction of sp³-hybridized carbons (Fsp3) is 0.385. The van der Waals surface area contributed by atoms with E-state index in [1.54, 1.807) is 6.07 Å². The maximum atomic E-state index is 11.8. The summed E-state index contributed by atoms with van der Waals surface area (Å²) in [7, 11) is 0. The second-order valence-corrected chi connectivity index (χ2v) is 5.46. The van der Waals surface area contributed by atoms with Crippen LogP contribution in [0.5, 0.6) is 0 Å². The molecule has 6 nitrogen and oxygen atoms in total. The van der Waals surface area contributed by atoms with Crippen molar-refractivity contribution >= 4 is 23.2 Å². The highest BCUT2D eigenvalue weighted by Crippen LogP contribution is 2.31. The molecule has 0 radical (unpaired) electrons. The van der Waals surface area contributed by atoms with Gasteiger partial charge in [0.05, 0.1) is 0 Å². The number of nitrogens with one attached hydrogen (secondary N) is 2. The number of hydrogen-bond acceptors (Lipinski definition) is 5. The van der Waals surface area contributed by atoms with Crippen molar-refractivity contribution in [2.75, 3.05) is 0 Å². The summed E-state index contributed by atoms with van der Waals surface area (Å²) >= 11 is 1.38. The summed E-state index contributed by atoms with van der Waals surface area (Å²) < 4.78 is 0. The van der Waals surface area contributed by atoms with E-state index in [0.29, 0.717) is 11.3 Å². The third kappa shape index (κ3) is 2.83. The van der Waals surface area contributed by atoms with Crippen LogP contribution < -0.4 is 16.5 Å². The molecule has 2 heterocycles. The van der Waals surface area contributed by atoms with Crippen LogP contribution >= 0.6 is 11.3 Å². The first kappa shape index (κ1) is 14.5. The van der Waals surface area contributed by atoms with Gasteiger partial charge in [0.25, 0.3) is 5.91 Å². The zero-order valence-electron chi connectivity index (χ0n) is 11.1. The summed E-state index contributed by atoms with van der Waals surface area (Å²) in [5.41, 5.74) is 6.86. The van der Waals surface area contributed by atoms with Gasteiger partial charge in [0.2, 0.25) is 11.8 Å². The van der Waals surface area contributed by atoms with E-state index in [2.05, 4.69) is 10.8 Å². The normalized spacial score (nSPS) is 21.1. The highest BCUT2D eigenvalue weighted by molar-refractivity contribution is 7.10. The molecule has 1 aliphatic heterocycles. The molecular formula is C13H17N3O3S. The van der Waals surface area contributed by atoms with Crippen LogP contribution in [0.4, 0.5) is 0 Å². The quantitative estimate of drug-likeness (QED) is 0.733. The average Bonchev–Trinajstić information content (AvgIpc) is 3.05. The fourth-order valence-corrected chi connectivity index (χ4v) is 2.71. The highest BCUT2D eigenvalue weighted by atomic mass is 32.1. The van der Waals surface area contributed by atoms with Crippen molar-refractivity contribution in [1.82, 2.24) is 10.8 Å². The molecule has 1 unspecified atom stereocenters. The Balaban J connectivity index is 2.14. The van der Waals surface area contributed by atoms with Crippen LogP contribution in [0, 0.1) is 0 Å². The Bertz CT molecular complexity index is 527. The number of primary amides is 1. The lowest BCUT2D eigenvalue weighted by molar-refractivity contribution is -0.125. The van der Waals surface area contributed by atoms with Gasteiger partial charge < -0.3 is 10.6 Å². The Morgan fingerprint density at radius 1 is 1.55 bits per heavy atom. The van der Waals surface area contributed by atoms with Crippen LogP contribution in [0.2, 0.25) is 0 Å². The molecule has 1 atom stereocenters. The third-order valence-electron chi connectivity index (χ3n) is 2.99. The van der Waals surface area contributed by atoms with E-state index in [1.807, 2.05) is 18.4 Å². The van der Waals surface area contributed by atoms with Crippen molar-refractivity contribution in [2.45, 2.75) is 31.7 Å². The van der Waals surface area contributed by atoms with E-state index >= 15 is 0 Å². The maximum absolute atomic E-state index is 11.8. The SMILES string of the molecule is CCCCC(=O)NC1=CC(C(N)=O)(c2cccs2)NO1. The molecule has 1 aromatic heterocycles. The van der Waals surface area contributed by atoms with E-state index in [-0.39, 0.29) is 11.8 Å². The second-order valence-electron chi connectivity index (χ2n) is 4.51. The largest absolute Gasteiger partial charge is 0.389 e. The fourth-order valence-electron chi connectivity index (χ4n) is 1.86. The predicted octanol–water partition coefficient (Wildman–Crippen LogP) is 1.11. The summed E-state index contributed by atoms with van der Waals surface area (Å²) in [5.74, 6) is -0.526. The van der Waals surface area contributed by atoms with Crippen molar-refractivity contribution in [3.05, 3.63) is 34.3 Å². The van der Waals surface area contributed by atoms with Crippen LogP contribution in [-0.4, -0.2) is 11.8 Å². The molecule has 0 saturated heterocycles. The van der Waals surface area contributed by atoms with Crippen molar-refractivity contribution in [1.29, 1.82) is 0 Å². The van der Waals surface area contributed by atoms with Gasteiger partial charge in [-0.1, -0.05) is 19.4 Å². The maximum Gasteiger partial charge on any atom is 0.250 e. The van der Waals surface area contributed by atoms with Crippen molar-refractivity contribution < 1.29 is 14.4 Å². The summed E-state index contributed by atoms with van der Waals surface area (Å²) in [6, 6.07) is 3.60. The van der Waals surface area contributed by atoms with Gasteiger partial charge in [0.15, 0.2) is 5.54 Å². The minimum atomic E-state index is -1.22. The van der Waals surface area contributed by atoms with E-state index in [1.165, 1.54) is 17.4 Å². The Hall–Kier alpha value is -1.86. The number of nitrogens with two attached hydrogens (primary N) is 1. The first-order chi connectivity index (χ1) is 9.58. The minimum absolute atomic E-state index is 0.147. The molecule has 2 amide bonds. The average molecular weight is 295 g/mol. The predicted molar refractivity (Wildman–Crippen MR) is 75.2 cm³/mol. The molecule has 0 fully saturated rings. The second kappa shape index (κ2) is 6.06. The lowest BCUT2D eigenvalue weighted by Gasteiger charge is -2.19. The Kier molecular flexibility index (Phi) is 4.41. The topological polar surface area (TPSA) is 93.5 Å². The van der Waals surface area contributed by atoms with Crippen LogP contribution in [0.15, 0.2) is 29.5 Å². The van der Waals surface area contributed by atoms with Crippen molar-refractivity contribution in [3.8, 4) is 0 Å². The standard InChI is InChI=1S/C13H17N3O3S/c1-2-3-6-10(17)15-11-8-13(12(14)18,16-19-11)9-5-4-7-20-9/h4-5,7-8,16H,2-3,6H2,1H3,(H2,14,18)(H,15,17). The van der Waals surface area contributed by atoms with Gasteiger partial charge in [-0.3, -0.25) is 14.9 Å². The molecule has 0 saturated carbocycles. The number of hydroxylamine groups is 1. The molecule has 2 rings (SSSR count). The zero-order chi connectivity index (χ0) is 14.6. The van der Waals surface area contributed by atoms with E-state index < -0.39 is 11.4 Å².